The molecule has 1 aromatic carbocycles. The zero-order chi connectivity index (χ0) is 18.4. The summed E-state index contributed by atoms with van der Waals surface area (Å²) in [5.41, 5.74) is 6.95. The van der Waals surface area contributed by atoms with Crippen LogP contribution in [0.25, 0.3) is 0 Å². The highest BCUT2D eigenvalue weighted by Gasteiger charge is 2.13. The molecule has 2 N–H and O–H groups in total. The largest absolute Gasteiger partial charge is 0.356 e. The number of aryl methyl sites for hydroxylation is 3. The van der Waals surface area contributed by atoms with E-state index in [9.17, 15) is 0 Å². The lowest BCUT2D eigenvalue weighted by atomic mass is 9.89. The van der Waals surface area contributed by atoms with Gasteiger partial charge in [0.05, 0.1) is 6.04 Å². The van der Waals surface area contributed by atoms with Crippen LogP contribution in [-0.4, -0.2) is 24.5 Å². The highest BCUT2D eigenvalue weighted by molar-refractivity contribution is 14.0. The van der Waals surface area contributed by atoms with Crippen molar-refractivity contribution in [1.82, 2.24) is 15.6 Å². The first-order chi connectivity index (χ1) is 12.7. The second-order valence-electron chi connectivity index (χ2n) is 7.15. The summed E-state index contributed by atoms with van der Waals surface area (Å²) in [4.78, 5) is 8.53. The molecule has 0 aliphatic heterocycles. The fraction of sp³-hybridized carbons (Fsp3) is 0.455. The van der Waals surface area contributed by atoms with Gasteiger partial charge in [0.1, 0.15) is 0 Å². The summed E-state index contributed by atoms with van der Waals surface area (Å²) in [6.07, 6.45) is 9.82. The number of nitrogens with one attached hydrogen (secondary N) is 2. The molecule has 1 aromatic heterocycles. The molecule has 0 saturated heterocycles. The molecule has 0 amide bonds. The molecular weight excluding hydrogens is 447 g/mol. The minimum absolute atomic E-state index is 0. The van der Waals surface area contributed by atoms with Crippen LogP contribution in [0.5, 0.6) is 0 Å². The van der Waals surface area contributed by atoms with Crippen molar-refractivity contribution >= 4 is 29.9 Å². The summed E-state index contributed by atoms with van der Waals surface area (Å²) >= 11 is 0. The van der Waals surface area contributed by atoms with Crippen molar-refractivity contribution in [3.63, 3.8) is 0 Å². The van der Waals surface area contributed by atoms with Crippen molar-refractivity contribution in [3.8, 4) is 0 Å². The Balaban J connectivity index is 0.00000261. The lowest BCUT2D eigenvalue weighted by molar-refractivity contribution is 0.665. The number of guanidine groups is 1. The van der Waals surface area contributed by atoms with Gasteiger partial charge >= 0.3 is 0 Å². The van der Waals surface area contributed by atoms with Crippen LogP contribution in [0.3, 0.4) is 0 Å². The molecule has 4 nitrogen and oxygen atoms in total. The molecule has 0 radical (unpaired) electrons. The monoisotopic (exact) mass is 478 g/mol. The summed E-state index contributed by atoms with van der Waals surface area (Å²) in [6.45, 7) is 5.15. The van der Waals surface area contributed by atoms with Crippen LogP contribution >= 0.6 is 24.0 Å². The van der Waals surface area contributed by atoms with E-state index >= 15 is 0 Å². The molecule has 0 fully saturated rings. The Morgan fingerprint density at radius 1 is 1.19 bits per heavy atom. The third-order valence-corrected chi connectivity index (χ3v) is 5.27. The molecule has 1 atom stereocenters. The van der Waals surface area contributed by atoms with Crippen molar-refractivity contribution in [3.05, 3.63) is 64.5 Å². The van der Waals surface area contributed by atoms with Crippen LogP contribution in [0.15, 0.2) is 41.7 Å². The molecule has 0 bridgehead atoms. The normalized spacial score (nSPS) is 14.7. The highest BCUT2D eigenvalue weighted by atomic mass is 127. The van der Waals surface area contributed by atoms with Crippen LogP contribution in [0.2, 0.25) is 0 Å². The van der Waals surface area contributed by atoms with Crippen LogP contribution in [0.4, 0.5) is 0 Å². The van der Waals surface area contributed by atoms with Gasteiger partial charge in [-0.05, 0) is 79.8 Å². The van der Waals surface area contributed by atoms with Gasteiger partial charge in [-0.2, -0.15) is 0 Å². The fourth-order valence-corrected chi connectivity index (χ4v) is 3.60. The zero-order valence-corrected chi connectivity index (χ0v) is 18.9. The number of halogens is 1. The van der Waals surface area contributed by atoms with Gasteiger partial charge in [-0.25, -0.2) is 0 Å². The Morgan fingerprint density at radius 3 is 2.70 bits per heavy atom. The van der Waals surface area contributed by atoms with Crippen molar-refractivity contribution in [2.75, 3.05) is 13.6 Å². The quantitative estimate of drug-likeness (QED) is 0.382. The van der Waals surface area contributed by atoms with Crippen LogP contribution < -0.4 is 10.6 Å². The average Bonchev–Trinajstić information content (AvgIpc) is 2.68. The minimum Gasteiger partial charge on any atom is -0.356 e. The minimum atomic E-state index is 0. The Morgan fingerprint density at radius 2 is 1.96 bits per heavy atom. The van der Waals surface area contributed by atoms with Gasteiger partial charge in [0.2, 0.25) is 0 Å². The standard InChI is InChI=1S/C22H30N4.HI/c1-16-15-24-12-10-18(16)11-13-25-22(23-3)26-17(2)20-9-8-19-6-4-5-7-21(19)14-20;/h8-10,12,14-15,17H,4-7,11,13H2,1-3H3,(H2,23,25,26);1H. The third kappa shape index (κ3) is 5.92. The first kappa shape index (κ1) is 21.7. The van der Waals surface area contributed by atoms with Crippen molar-refractivity contribution in [2.45, 2.75) is 52.0 Å². The van der Waals surface area contributed by atoms with Crippen molar-refractivity contribution in [2.24, 2.45) is 4.99 Å². The van der Waals surface area contributed by atoms with E-state index in [4.69, 9.17) is 0 Å². The Hall–Kier alpha value is -1.63. The number of aromatic nitrogens is 1. The van der Waals surface area contributed by atoms with E-state index in [0.717, 1.165) is 18.9 Å². The fourth-order valence-electron chi connectivity index (χ4n) is 3.60. The molecule has 5 heteroatoms. The summed E-state index contributed by atoms with van der Waals surface area (Å²) in [7, 11) is 1.83. The molecular formula is C22H31IN4. The first-order valence-corrected chi connectivity index (χ1v) is 9.65. The SMILES string of the molecule is CN=C(NCCc1ccncc1C)NC(C)c1ccc2c(c1)CCCC2.I. The summed E-state index contributed by atoms with van der Waals surface area (Å²) < 4.78 is 0. The Bertz CT molecular complexity index is 773. The maximum absolute atomic E-state index is 4.38. The van der Waals surface area contributed by atoms with Gasteiger partial charge in [-0.3, -0.25) is 9.98 Å². The molecule has 1 aliphatic rings. The van der Waals surface area contributed by atoms with Crippen molar-refractivity contribution in [1.29, 1.82) is 0 Å². The molecule has 0 spiro atoms. The maximum atomic E-state index is 4.38. The Labute approximate surface area is 180 Å². The van der Waals surface area contributed by atoms with Gasteiger partial charge in [-0.1, -0.05) is 18.2 Å². The molecule has 27 heavy (non-hydrogen) atoms. The molecule has 0 saturated carbocycles. The number of aliphatic imine (C=N–C) groups is 1. The summed E-state index contributed by atoms with van der Waals surface area (Å²) in [6, 6.07) is 9.26. The smallest absolute Gasteiger partial charge is 0.191 e. The second kappa shape index (κ2) is 10.6. The predicted octanol–water partition coefficient (Wildman–Crippen LogP) is 4.36. The first-order valence-electron chi connectivity index (χ1n) is 9.65. The van der Waals surface area contributed by atoms with E-state index in [1.807, 2.05) is 19.4 Å². The molecule has 1 aliphatic carbocycles. The van der Waals surface area contributed by atoms with E-state index in [1.54, 1.807) is 0 Å². The zero-order valence-electron chi connectivity index (χ0n) is 16.6. The van der Waals surface area contributed by atoms with Gasteiger partial charge in [0.15, 0.2) is 5.96 Å². The molecule has 146 valence electrons. The number of benzene rings is 1. The Kier molecular flexibility index (Phi) is 8.54. The number of rotatable bonds is 5. The van der Waals surface area contributed by atoms with Crippen LogP contribution in [-0.2, 0) is 19.3 Å². The molecule has 1 heterocycles. The molecule has 2 aromatic rings. The average molecular weight is 478 g/mol. The van der Waals surface area contributed by atoms with Crippen molar-refractivity contribution < 1.29 is 0 Å². The number of hydrogen-bond donors (Lipinski definition) is 2. The van der Waals surface area contributed by atoms with E-state index in [2.05, 4.69) is 58.7 Å². The predicted molar refractivity (Wildman–Crippen MR) is 124 cm³/mol. The summed E-state index contributed by atoms with van der Waals surface area (Å²) in [5, 5.41) is 6.94. The van der Waals surface area contributed by atoms with Crippen LogP contribution in [0.1, 0.15) is 53.6 Å². The van der Waals surface area contributed by atoms with E-state index in [1.165, 1.54) is 53.5 Å². The van der Waals surface area contributed by atoms with Gasteiger partial charge in [-0.15, -0.1) is 24.0 Å². The van der Waals surface area contributed by atoms with Gasteiger partial charge in [0.25, 0.3) is 0 Å². The third-order valence-electron chi connectivity index (χ3n) is 5.27. The number of hydrogen-bond acceptors (Lipinski definition) is 2. The number of fused-ring (bicyclic) bond motifs is 1. The topological polar surface area (TPSA) is 49.3 Å². The van der Waals surface area contributed by atoms with Gasteiger partial charge in [0, 0.05) is 26.0 Å². The van der Waals surface area contributed by atoms with E-state index in [0.29, 0.717) is 0 Å². The highest BCUT2D eigenvalue weighted by Crippen LogP contribution is 2.24. The molecule has 1 unspecified atom stereocenters. The maximum Gasteiger partial charge on any atom is 0.191 e. The van der Waals surface area contributed by atoms with Crippen LogP contribution in [0, 0.1) is 6.92 Å². The lowest BCUT2D eigenvalue weighted by Crippen LogP contribution is -2.39. The number of pyridine rings is 1. The van der Waals surface area contributed by atoms with Gasteiger partial charge < -0.3 is 10.6 Å². The molecule has 3 rings (SSSR count). The van der Waals surface area contributed by atoms with E-state index in [-0.39, 0.29) is 30.0 Å². The van der Waals surface area contributed by atoms with E-state index < -0.39 is 0 Å². The lowest BCUT2D eigenvalue weighted by Gasteiger charge is -2.21. The summed E-state index contributed by atoms with van der Waals surface area (Å²) in [5.74, 6) is 0.849. The second-order valence-corrected chi connectivity index (χ2v) is 7.15. The number of nitrogens with zero attached hydrogens (tertiary/aromatic N) is 2.